The lowest BCUT2D eigenvalue weighted by Crippen LogP contribution is -2.49. The molecule has 1 saturated heterocycles. The molecule has 1 aliphatic heterocycles. The lowest BCUT2D eigenvalue weighted by molar-refractivity contribution is -0.146. The molecule has 0 aromatic heterocycles. The minimum absolute atomic E-state index is 0.214. The van der Waals surface area contributed by atoms with Crippen LogP contribution in [0.5, 0.6) is 0 Å². The van der Waals surface area contributed by atoms with Crippen LogP contribution in [-0.2, 0) is 4.79 Å². The molecular weight excluding hydrogens is 311 g/mol. The molecule has 0 spiro atoms. The molecule has 0 unspecified atom stereocenters. The van der Waals surface area contributed by atoms with Crippen LogP contribution in [0.25, 0.3) is 0 Å². The zero-order valence-corrected chi connectivity index (χ0v) is 13.9. The van der Waals surface area contributed by atoms with Crippen LogP contribution < -0.4 is 5.32 Å². The Morgan fingerprint density at radius 2 is 2.00 bits per heavy atom. The second-order valence-corrected chi connectivity index (χ2v) is 6.49. The van der Waals surface area contributed by atoms with Gasteiger partial charge in [0.05, 0.1) is 12.3 Å². The summed E-state index contributed by atoms with van der Waals surface area (Å²) < 4.78 is 36.7. The number of halogens is 3. The Bertz CT molecular complexity index is 413. The Kier molecular flexibility index (Phi) is 7.15. The van der Waals surface area contributed by atoms with Crippen molar-refractivity contribution < 1.29 is 22.8 Å². The van der Waals surface area contributed by atoms with Gasteiger partial charge in [-0.1, -0.05) is 13.8 Å². The maximum atomic E-state index is 12.2. The Labute approximate surface area is 135 Å². The van der Waals surface area contributed by atoms with Crippen LogP contribution in [0.4, 0.5) is 18.0 Å². The van der Waals surface area contributed by atoms with Gasteiger partial charge in [-0.05, 0) is 18.8 Å². The molecule has 0 aromatic rings. The van der Waals surface area contributed by atoms with Gasteiger partial charge in [0.2, 0.25) is 5.91 Å². The first-order chi connectivity index (χ1) is 10.6. The maximum Gasteiger partial charge on any atom is 0.390 e. The van der Waals surface area contributed by atoms with Gasteiger partial charge in [-0.25, -0.2) is 4.79 Å². The average molecular weight is 337 g/mol. The third-order valence-electron chi connectivity index (χ3n) is 3.83. The second kappa shape index (κ2) is 8.40. The number of likely N-dealkylation sites (tertiary alicyclic amines) is 1. The van der Waals surface area contributed by atoms with Crippen molar-refractivity contribution in [1.29, 1.82) is 0 Å². The molecule has 1 heterocycles. The summed E-state index contributed by atoms with van der Waals surface area (Å²) >= 11 is 0. The molecule has 0 bridgehead atoms. The quantitative estimate of drug-likeness (QED) is 0.838. The highest BCUT2D eigenvalue weighted by atomic mass is 19.4. The first-order valence-electron chi connectivity index (χ1n) is 7.94. The van der Waals surface area contributed by atoms with Crippen molar-refractivity contribution in [2.24, 2.45) is 11.8 Å². The lowest BCUT2D eigenvalue weighted by Gasteiger charge is -2.34. The SMILES string of the molecule is CC(C)CNC(=O)N1CCC[C@H](C(=O)N(C)CCC(F)(F)F)C1. The van der Waals surface area contributed by atoms with Crippen molar-refractivity contribution in [2.75, 3.05) is 33.2 Å². The van der Waals surface area contributed by atoms with Crippen LogP contribution >= 0.6 is 0 Å². The van der Waals surface area contributed by atoms with Gasteiger partial charge in [-0.2, -0.15) is 13.2 Å². The summed E-state index contributed by atoms with van der Waals surface area (Å²) in [4.78, 5) is 27.0. The molecule has 8 heteroatoms. The van der Waals surface area contributed by atoms with Gasteiger partial charge in [0.25, 0.3) is 0 Å². The number of amides is 3. The molecule has 0 radical (unpaired) electrons. The van der Waals surface area contributed by atoms with Crippen molar-refractivity contribution in [2.45, 2.75) is 39.3 Å². The number of carbonyl (C=O) groups excluding carboxylic acids is 2. The molecule has 23 heavy (non-hydrogen) atoms. The predicted octanol–water partition coefficient (Wildman–Crippen LogP) is 2.47. The Morgan fingerprint density at radius 3 is 2.57 bits per heavy atom. The summed E-state index contributed by atoms with van der Waals surface area (Å²) in [7, 11) is 1.38. The zero-order chi connectivity index (χ0) is 17.6. The highest BCUT2D eigenvalue weighted by molar-refractivity contribution is 5.80. The lowest BCUT2D eigenvalue weighted by atomic mass is 9.97. The third kappa shape index (κ3) is 7.09. The van der Waals surface area contributed by atoms with Gasteiger partial charge >= 0.3 is 12.2 Å². The van der Waals surface area contributed by atoms with Gasteiger partial charge in [0.1, 0.15) is 0 Å². The van der Waals surface area contributed by atoms with Crippen molar-refractivity contribution in [3.63, 3.8) is 0 Å². The monoisotopic (exact) mass is 337 g/mol. The fraction of sp³-hybridized carbons (Fsp3) is 0.867. The molecule has 3 amide bonds. The molecule has 134 valence electrons. The minimum atomic E-state index is -4.27. The van der Waals surface area contributed by atoms with E-state index >= 15 is 0 Å². The number of nitrogens with one attached hydrogen (secondary N) is 1. The number of alkyl halides is 3. The van der Waals surface area contributed by atoms with Crippen LogP contribution in [0, 0.1) is 11.8 Å². The molecule has 1 fully saturated rings. The van der Waals surface area contributed by atoms with E-state index in [4.69, 9.17) is 0 Å². The topological polar surface area (TPSA) is 52.7 Å². The van der Waals surface area contributed by atoms with E-state index < -0.39 is 18.5 Å². The van der Waals surface area contributed by atoms with Crippen molar-refractivity contribution in [1.82, 2.24) is 15.1 Å². The normalized spacial score (nSPS) is 18.9. The van der Waals surface area contributed by atoms with E-state index in [1.165, 1.54) is 7.05 Å². The largest absolute Gasteiger partial charge is 0.390 e. The molecule has 5 nitrogen and oxygen atoms in total. The van der Waals surface area contributed by atoms with E-state index in [-0.39, 0.29) is 25.0 Å². The van der Waals surface area contributed by atoms with E-state index in [0.717, 1.165) is 4.90 Å². The van der Waals surface area contributed by atoms with E-state index in [1.54, 1.807) is 4.90 Å². The summed E-state index contributed by atoms with van der Waals surface area (Å²) in [6.07, 6.45) is -4.01. The van der Waals surface area contributed by atoms with Crippen LogP contribution in [-0.4, -0.2) is 61.1 Å². The van der Waals surface area contributed by atoms with Crippen LogP contribution in [0.3, 0.4) is 0 Å². The smallest absolute Gasteiger partial charge is 0.345 e. The fourth-order valence-electron chi connectivity index (χ4n) is 2.48. The summed E-state index contributed by atoms with van der Waals surface area (Å²) in [5.74, 6) is -0.419. The highest BCUT2D eigenvalue weighted by Crippen LogP contribution is 2.22. The Morgan fingerprint density at radius 1 is 1.35 bits per heavy atom. The van der Waals surface area contributed by atoms with Gasteiger partial charge in [0, 0.05) is 33.2 Å². The molecule has 0 aromatic carbocycles. The Balaban J connectivity index is 2.50. The summed E-state index contributed by atoms with van der Waals surface area (Å²) in [5.41, 5.74) is 0. The summed E-state index contributed by atoms with van der Waals surface area (Å²) in [6.45, 7) is 5.01. The van der Waals surface area contributed by atoms with Crippen molar-refractivity contribution in [3.05, 3.63) is 0 Å². The minimum Gasteiger partial charge on any atom is -0.345 e. The molecular formula is C15H26F3N3O2. The zero-order valence-electron chi connectivity index (χ0n) is 13.9. The van der Waals surface area contributed by atoms with Crippen molar-refractivity contribution in [3.8, 4) is 0 Å². The third-order valence-corrected chi connectivity index (χ3v) is 3.83. The van der Waals surface area contributed by atoms with E-state index in [0.29, 0.717) is 31.8 Å². The highest BCUT2D eigenvalue weighted by Gasteiger charge is 2.32. The number of rotatable bonds is 5. The molecule has 0 saturated carbocycles. The average Bonchev–Trinajstić information content (AvgIpc) is 2.48. The maximum absolute atomic E-state index is 12.2. The van der Waals surface area contributed by atoms with Crippen LogP contribution in [0.2, 0.25) is 0 Å². The molecule has 1 N–H and O–H groups in total. The number of hydrogen-bond donors (Lipinski definition) is 1. The van der Waals surface area contributed by atoms with E-state index in [9.17, 15) is 22.8 Å². The number of carbonyl (C=O) groups is 2. The first-order valence-corrected chi connectivity index (χ1v) is 7.94. The summed E-state index contributed by atoms with van der Waals surface area (Å²) in [5, 5.41) is 2.80. The van der Waals surface area contributed by atoms with E-state index in [1.807, 2.05) is 13.8 Å². The number of nitrogens with zero attached hydrogens (tertiary/aromatic N) is 2. The molecule has 1 atom stereocenters. The number of urea groups is 1. The molecule has 1 rings (SSSR count). The number of hydrogen-bond acceptors (Lipinski definition) is 2. The number of piperidine rings is 1. The molecule has 0 aliphatic carbocycles. The van der Waals surface area contributed by atoms with E-state index in [2.05, 4.69) is 5.32 Å². The van der Waals surface area contributed by atoms with Gasteiger partial charge in [0.15, 0.2) is 0 Å². The summed E-state index contributed by atoms with van der Waals surface area (Å²) in [6, 6.07) is -0.214. The van der Waals surface area contributed by atoms with Gasteiger partial charge < -0.3 is 15.1 Å². The Hall–Kier alpha value is -1.47. The predicted molar refractivity (Wildman–Crippen MR) is 80.8 cm³/mol. The van der Waals surface area contributed by atoms with Crippen LogP contribution in [0.15, 0.2) is 0 Å². The molecule has 1 aliphatic rings. The van der Waals surface area contributed by atoms with Crippen LogP contribution in [0.1, 0.15) is 33.1 Å². The van der Waals surface area contributed by atoms with Crippen molar-refractivity contribution >= 4 is 11.9 Å². The standard InChI is InChI=1S/C15H26F3N3O2/c1-11(2)9-19-14(23)21-7-4-5-12(10-21)13(22)20(3)8-6-15(16,17)18/h11-12H,4-10H2,1-3H3,(H,19,23)/t12-/m0/s1. The fourth-order valence-corrected chi connectivity index (χ4v) is 2.48. The second-order valence-electron chi connectivity index (χ2n) is 6.49. The van der Waals surface area contributed by atoms with Gasteiger partial charge in [-0.3, -0.25) is 4.79 Å². The van der Waals surface area contributed by atoms with Gasteiger partial charge in [-0.15, -0.1) is 0 Å². The first kappa shape index (κ1) is 19.6.